The zero-order chi connectivity index (χ0) is 95.5. The van der Waals surface area contributed by atoms with Gasteiger partial charge < -0.3 is 76.2 Å². The number of hydrogen-bond acceptors (Lipinski definition) is 22. The molecule has 24 nitrogen and oxygen atoms in total. The number of ether oxygens (including phenoxy) is 15. The summed E-state index contributed by atoms with van der Waals surface area (Å²) in [5.74, 6) is -20.1. The molecule has 17 aromatic rings. The molecule has 5 aliphatic rings. The van der Waals surface area contributed by atoms with Gasteiger partial charge in [-0.25, -0.2) is 28.8 Å². The number of halogens is 3. The molecule has 0 bridgehead atoms. The zero-order valence-corrected chi connectivity index (χ0v) is 73.0. The van der Waals surface area contributed by atoms with Crippen LogP contribution in [0.3, 0.4) is 0 Å². The van der Waals surface area contributed by atoms with Crippen LogP contribution in [0.4, 0.5) is 13.2 Å². The summed E-state index contributed by atoms with van der Waals surface area (Å²) in [7, 11) is 0. The van der Waals surface area contributed by atoms with Gasteiger partial charge >= 0.3 is 70.9 Å². The number of nitrogens with one attached hydrogen (secondary N) is 1. The van der Waals surface area contributed by atoms with Crippen molar-refractivity contribution in [3.63, 3.8) is 0 Å². The molecule has 0 radical (unpaired) electrons. The van der Waals surface area contributed by atoms with Crippen molar-refractivity contribution in [3.8, 4) is 86.2 Å². The number of aryl methyl sites for hydroxylation is 2. The number of rotatable bonds is 24. The Morgan fingerprint density at radius 3 is 0.714 bits per heavy atom. The molecule has 2 N–H and O–H groups in total. The lowest BCUT2D eigenvalue weighted by molar-refractivity contribution is -0.138. The molecule has 1 aromatic heterocycles. The standard InChI is InChI=1S/C113H71F3N2O22/c114-113(115,116)85-54-32-31-33-68(85)55-56-84-67-86(118-117-84)107(125)130-91-62-73(66-96-101(91)140-112(135-96,82-50-27-9-28-51-82)83-52-29-10-30-53-83)106(124)129-90-61-72(65-95-100(90)139-111(134-95,80-46-23-7-24-47-80)81-48-25-8-26-49-81)105(123)128-89-60-71(64-94-99(89)138-110(133-94,78-42-19-5-20-43-78)79-44-21-6-22-45-79)104(122)127-88-59-70(63-93-98(88)137-109(132-93,76-38-15-3-16-39-76)77-40-17-4-18-41-77)103(121)126-87-57-69(102(119)120)58-92-97(87)136-108(131-92,74-34-11-1-12-35-74)75-36-13-2-14-37-75/h1-54,57-67H,55-56H2,(H,117,118)(H,119,120). The van der Waals surface area contributed by atoms with Crippen LogP contribution in [0.25, 0.3) is 0 Å². The van der Waals surface area contributed by atoms with Crippen LogP contribution in [-0.4, -0.2) is 51.1 Å². The molecule has 27 heteroatoms. The van der Waals surface area contributed by atoms with Crippen molar-refractivity contribution in [2.45, 2.75) is 48.0 Å². The Morgan fingerprint density at radius 1 is 0.264 bits per heavy atom. The van der Waals surface area contributed by atoms with Gasteiger partial charge in [-0.2, -0.15) is 18.3 Å². The number of fused-ring (bicyclic) bond motifs is 5. The molecule has 22 rings (SSSR count). The van der Waals surface area contributed by atoms with Gasteiger partial charge in [0.25, 0.3) is 0 Å². The summed E-state index contributed by atoms with van der Waals surface area (Å²) >= 11 is 0. The van der Waals surface area contributed by atoms with Crippen LogP contribution in [-0.2, 0) is 48.0 Å². The van der Waals surface area contributed by atoms with Gasteiger partial charge in [-0.15, -0.1) is 0 Å². The van der Waals surface area contributed by atoms with E-state index >= 15 is 19.2 Å². The van der Waals surface area contributed by atoms with E-state index in [-0.39, 0.29) is 127 Å². The van der Waals surface area contributed by atoms with Gasteiger partial charge in [-0.1, -0.05) is 322 Å². The van der Waals surface area contributed by atoms with E-state index in [1.54, 1.807) is 303 Å². The number of benzene rings is 16. The van der Waals surface area contributed by atoms with Gasteiger partial charge in [0.05, 0.1) is 39.1 Å². The quantitative estimate of drug-likeness (QED) is 0.0420. The monoisotopic (exact) mass is 1860 g/mol. The number of alkyl halides is 3. The summed E-state index contributed by atoms with van der Waals surface area (Å²) in [5.41, 5.74) is 2.02. The Labute approximate surface area is 794 Å². The van der Waals surface area contributed by atoms with E-state index in [9.17, 15) is 27.9 Å². The average Bonchev–Trinajstić information content (AvgIpc) is 1.59. The lowest BCUT2D eigenvalue weighted by Crippen LogP contribution is -2.36. The number of aromatic amines is 1. The summed E-state index contributed by atoms with van der Waals surface area (Å²) in [6, 6.07) is 107. The number of hydrogen-bond donors (Lipinski definition) is 2. The largest absolute Gasteiger partial charge is 0.478 e. The van der Waals surface area contributed by atoms with E-state index in [0.29, 0.717) is 55.6 Å². The predicted molar refractivity (Wildman–Crippen MR) is 496 cm³/mol. The lowest BCUT2D eigenvalue weighted by atomic mass is 9.97. The van der Waals surface area contributed by atoms with E-state index in [1.807, 2.05) is 0 Å². The SMILES string of the molecule is O=C(O)c1cc(OC(=O)c2cc(OC(=O)c3cc(OC(=O)c4cc(OC(=O)c5cc(OC(=O)c6cc(CCc7ccccc7C(F)(F)F)n[nH]6)c6c(c5)OC(c5ccccc5)(c5ccccc5)O6)c5c(c4)OC(c4ccccc4)(c4ccccc4)O5)c4c(c3)OC(c3ccccc3)(c3ccccc3)O4)c3c(c2)OC(c2ccccc2)(c2ccccc2)O3)c2c(c1)OC(c1ccccc1)(c1ccccc1)O2. The molecule has 140 heavy (non-hydrogen) atoms. The van der Waals surface area contributed by atoms with Gasteiger partial charge in [-0.3, -0.25) is 5.10 Å². The van der Waals surface area contributed by atoms with Crippen molar-refractivity contribution in [3.05, 3.63) is 500 Å². The number of carbonyl (C=O) groups excluding carboxylic acids is 5. The molecule has 0 aliphatic carbocycles. The van der Waals surface area contributed by atoms with Gasteiger partial charge in [0.2, 0.25) is 28.7 Å². The van der Waals surface area contributed by atoms with Crippen molar-refractivity contribution in [1.82, 2.24) is 10.2 Å². The topological polar surface area (TPSA) is 290 Å². The maximum absolute atomic E-state index is 16.2. The van der Waals surface area contributed by atoms with Crippen molar-refractivity contribution >= 4 is 35.8 Å². The number of esters is 5. The Balaban J connectivity index is 0.649. The maximum atomic E-state index is 16.2. The van der Waals surface area contributed by atoms with Crippen LogP contribution in [0.1, 0.15) is 135 Å². The van der Waals surface area contributed by atoms with Gasteiger partial charge in [0, 0.05) is 55.6 Å². The first kappa shape index (κ1) is 86.7. The third kappa shape index (κ3) is 15.7. The smallest absolute Gasteiger partial charge is 0.416 e. The Morgan fingerprint density at radius 2 is 0.479 bits per heavy atom. The van der Waals surface area contributed by atoms with Crippen LogP contribution in [0.15, 0.2) is 394 Å². The van der Waals surface area contributed by atoms with Gasteiger partial charge in [0.1, 0.15) is 5.69 Å². The number of carboxylic acid groups (broad SMARTS) is 1. The average molecular weight is 1870 g/mol. The molecule has 0 spiro atoms. The first-order valence-electron chi connectivity index (χ1n) is 44.1. The van der Waals surface area contributed by atoms with E-state index in [1.165, 1.54) is 66.7 Å². The molecule has 0 unspecified atom stereocenters. The predicted octanol–water partition coefficient (Wildman–Crippen LogP) is 22.4. The first-order chi connectivity index (χ1) is 68.2. The number of nitrogens with zero attached hydrogens (tertiary/aromatic N) is 1. The molecular weight excluding hydrogens is 1790 g/mol. The van der Waals surface area contributed by atoms with Crippen LogP contribution < -0.4 is 71.1 Å². The molecule has 686 valence electrons. The van der Waals surface area contributed by atoms with Crippen molar-refractivity contribution in [2.24, 2.45) is 0 Å². The second-order valence-corrected chi connectivity index (χ2v) is 33.0. The van der Waals surface area contributed by atoms with E-state index in [0.717, 1.165) is 24.3 Å². The second-order valence-electron chi connectivity index (χ2n) is 33.0. The Bertz CT molecular complexity index is 7530. The third-order valence-electron chi connectivity index (χ3n) is 24.2. The lowest BCUT2D eigenvalue weighted by Gasteiger charge is -2.28. The molecule has 0 fully saturated rings. The molecular formula is C113H71F3N2O22. The summed E-state index contributed by atoms with van der Waals surface area (Å²) in [4.78, 5) is 91.3. The highest BCUT2D eigenvalue weighted by molar-refractivity contribution is 6.00. The molecule has 0 saturated carbocycles. The second kappa shape index (κ2) is 35.0. The zero-order valence-electron chi connectivity index (χ0n) is 73.0. The minimum absolute atomic E-state index is 0.0101. The molecule has 5 aliphatic heterocycles. The van der Waals surface area contributed by atoms with E-state index in [4.69, 9.17) is 71.1 Å². The first-order valence-corrected chi connectivity index (χ1v) is 44.1. The highest BCUT2D eigenvalue weighted by Gasteiger charge is 2.54. The normalized spacial score (nSPS) is 14.5. The molecule has 6 heterocycles. The van der Waals surface area contributed by atoms with Crippen LogP contribution in [0.5, 0.6) is 86.2 Å². The summed E-state index contributed by atoms with van der Waals surface area (Å²) in [6.07, 6.45) is -4.76. The molecule has 16 aromatic carbocycles. The molecule has 0 saturated heterocycles. The Kier molecular flexibility index (Phi) is 21.7. The van der Waals surface area contributed by atoms with E-state index in [2.05, 4.69) is 10.2 Å². The fourth-order valence-electron chi connectivity index (χ4n) is 17.6. The third-order valence-corrected chi connectivity index (χ3v) is 24.2. The summed E-state index contributed by atoms with van der Waals surface area (Å²) < 4.78 is 144. The number of H-pyrrole nitrogens is 1. The summed E-state index contributed by atoms with van der Waals surface area (Å²) in [6.45, 7) is 0. The molecule has 0 atom stereocenters. The van der Waals surface area contributed by atoms with Crippen LogP contribution in [0, 0.1) is 0 Å². The van der Waals surface area contributed by atoms with Crippen molar-refractivity contribution in [2.75, 3.05) is 0 Å². The van der Waals surface area contributed by atoms with Crippen LogP contribution in [0.2, 0.25) is 0 Å². The van der Waals surface area contributed by atoms with Crippen LogP contribution >= 0.6 is 0 Å². The Hall–Kier alpha value is -18.7. The van der Waals surface area contributed by atoms with Gasteiger partial charge in [-0.05, 0) is 91.2 Å². The number of carbonyl (C=O) groups is 6. The number of aromatic nitrogens is 2. The van der Waals surface area contributed by atoms with Crippen molar-refractivity contribution < 1.29 is 118 Å². The fraction of sp³-hybridized carbons (Fsp3) is 0.0708. The highest BCUT2D eigenvalue weighted by Crippen LogP contribution is 2.60. The van der Waals surface area contributed by atoms with Gasteiger partial charge in [0.15, 0.2) is 57.5 Å². The fourth-order valence-corrected chi connectivity index (χ4v) is 17.6. The summed E-state index contributed by atoms with van der Waals surface area (Å²) in [5, 5.41) is 17.5. The molecule has 0 amide bonds. The maximum Gasteiger partial charge on any atom is 0.416 e. The minimum atomic E-state index is -4.63. The minimum Gasteiger partial charge on any atom is -0.478 e. The number of aromatic carboxylic acids is 1. The number of carboxylic acids is 1. The van der Waals surface area contributed by atoms with Crippen molar-refractivity contribution in [1.29, 1.82) is 0 Å². The van der Waals surface area contributed by atoms with E-state index < -0.39 is 93.7 Å². The highest BCUT2D eigenvalue weighted by atomic mass is 19.4.